The molecule has 3 rings (SSSR count). The van der Waals surface area contributed by atoms with E-state index in [1.54, 1.807) is 13.1 Å². The predicted octanol–water partition coefficient (Wildman–Crippen LogP) is -0.523. The molecule has 0 spiro atoms. The van der Waals surface area contributed by atoms with Crippen molar-refractivity contribution in [2.24, 2.45) is 7.05 Å². The molecule has 7 nitrogen and oxygen atoms in total. The number of aromatic nitrogens is 1. The highest BCUT2D eigenvalue weighted by atomic mass is 32.2. The Kier molecular flexibility index (Phi) is 4.31. The number of benzene rings is 1. The summed E-state index contributed by atoms with van der Waals surface area (Å²) in [5.74, 6) is -0.504. The molecule has 2 aromatic rings. The van der Waals surface area contributed by atoms with Crippen LogP contribution in [0.4, 0.5) is 0 Å². The second-order valence-electron chi connectivity index (χ2n) is 6.01. The molecule has 8 heteroatoms. The fourth-order valence-corrected chi connectivity index (χ4v) is 4.37. The van der Waals surface area contributed by atoms with Crippen LogP contribution in [0.15, 0.2) is 32.3 Å². The van der Waals surface area contributed by atoms with E-state index in [-0.39, 0.29) is 10.5 Å². The molecule has 1 aromatic carbocycles. The summed E-state index contributed by atoms with van der Waals surface area (Å²) in [6.07, 6.45) is 2.18. The van der Waals surface area contributed by atoms with Crippen molar-refractivity contribution in [2.45, 2.75) is 30.7 Å². The molecule has 1 aromatic heterocycles. The highest BCUT2D eigenvalue weighted by Gasteiger charge is 2.28. The Balaban J connectivity index is 1.80. The molecule has 2 atom stereocenters. The van der Waals surface area contributed by atoms with E-state index in [9.17, 15) is 13.2 Å². The van der Waals surface area contributed by atoms with Crippen molar-refractivity contribution in [3.8, 4) is 0 Å². The average Bonchev–Trinajstić information content (AvgIpc) is 3.10. The third-order valence-electron chi connectivity index (χ3n) is 4.68. The van der Waals surface area contributed by atoms with E-state index < -0.39 is 15.8 Å². The van der Waals surface area contributed by atoms with E-state index in [4.69, 9.17) is 4.42 Å². The zero-order chi connectivity index (χ0) is 16.6. The number of hydrogen-bond acceptors (Lipinski definition) is 4. The zero-order valence-corrected chi connectivity index (χ0v) is 14.1. The van der Waals surface area contributed by atoms with Crippen LogP contribution in [-0.2, 0) is 17.1 Å². The Morgan fingerprint density at radius 1 is 1.43 bits per heavy atom. The lowest BCUT2D eigenvalue weighted by Gasteiger charge is -2.20. The maximum atomic E-state index is 12.5. The molecule has 1 aliphatic heterocycles. The summed E-state index contributed by atoms with van der Waals surface area (Å²) in [5.41, 5.74) is 0.855. The number of nitrogens with zero attached hydrogens (tertiary/aromatic N) is 1. The summed E-state index contributed by atoms with van der Waals surface area (Å²) < 4.78 is 34.0. The minimum atomic E-state index is -3.61. The average molecular weight is 340 g/mol. The van der Waals surface area contributed by atoms with Gasteiger partial charge in [0.2, 0.25) is 10.0 Å². The highest BCUT2D eigenvalue weighted by Crippen LogP contribution is 2.17. The lowest BCUT2D eigenvalue weighted by molar-refractivity contribution is -0.909. The molecule has 126 valence electrons. The summed E-state index contributed by atoms with van der Waals surface area (Å²) in [6, 6.07) is 4.82. The second-order valence-corrected chi connectivity index (χ2v) is 7.78. The fraction of sp³-hybridized carbons (Fsp3) is 0.533. The van der Waals surface area contributed by atoms with Crippen molar-refractivity contribution < 1.29 is 17.7 Å². The number of likely N-dealkylation sites (N-methyl/N-ethyl adjacent to an activating group) is 1. The summed E-state index contributed by atoms with van der Waals surface area (Å²) in [7, 11) is -2.02. The third kappa shape index (κ3) is 3.06. The molecule has 23 heavy (non-hydrogen) atoms. The van der Waals surface area contributed by atoms with Gasteiger partial charge in [-0.3, -0.25) is 4.57 Å². The Labute approximate surface area is 134 Å². The lowest BCUT2D eigenvalue weighted by atomic mass is 10.2. The fourth-order valence-electron chi connectivity index (χ4n) is 3.27. The Hall–Kier alpha value is -1.64. The van der Waals surface area contributed by atoms with Gasteiger partial charge in [-0.1, -0.05) is 0 Å². The molecule has 0 aliphatic carbocycles. The molecule has 1 unspecified atom stereocenters. The van der Waals surface area contributed by atoms with Crippen LogP contribution >= 0.6 is 0 Å². The van der Waals surface area contributed by atoms with Gasteiger partial charge in [-0.05, 0) is 19.1 Å². The Bertz CT molecular complexity index is 868. The minimum Gasteiger partial charge on any atom is -0.408 e. The van der Waals surface area contributed by atoms with E-state index in [1.807, 2.05) is 0 Å². The van der Waals surface area contributed by atoms with Gasteiger partial charge >= 0.3 is 5.76 Å². The molecule has 1 aliphatic rings. The first-order chi connectivity index (χ1) is 10.9. The first-order valence-electron chi connectivity index (χ1n) is 7.86. The van der Waals surface area contributed by atoms with Crippen LogP contribution in [0.5, 0.6) is 0 Å². The summed E-state index contributed by atoms with van der Waals surface area (Å²) in [6.45, 7) is 4.66. The van der Waals surface area contributed by atoms with E-state index in [0.717, 1.165) is 25.9 Å². The van der Waals surface area contributed by atoms with Crippen LogP contribution in [0.2, 0.25) is 0 Å². The van der Waals surface area contributed by atoms with Gasteiger partial charge in [0, 0.05) is 26.0 Å². The van der Waals surface area contributed by atoms with Crippen molar-refractivity contribution in [3.05, 3.63) is 28.7 Å². The van der Waals surface area contributed by atoms with Gasteiger partial charge in [0.25, 0.3) is 0 Å². The van der Waals surface area contributed by atoms with Gasteiger partial charge in [-0.15, -0.1) is 0 Å². The SMILES string of the molecule is CC[NH+]1CCC[C@H]1CNS(=O)(=O)c1ccc2c(c1)oc(=O)n2C. The monoisotopic (exact) mass is 340 g/mol. The number of rotatable bonds is 5. The lowest BCUT2D eigenvalue weighted by Crippen LogP contribution is -3.14. The minimum absolute atomic E-state index is 0.121. The molecule has 0 radical (unpaired) electrons. The maximum Gasteiger partial charge on any atom is 0.419 e. The number of nitrogens with one attached hydrogen (secondary N) is 2. The smallest absolute Gasteiger partial charge is 0.408 e. The quantitative estimate of drug-likeness (QED) is 0.767. The van der Waals surface area contributed by atoms with Gasteiger partial charge in [0.1, 0.15) is 6.04 Å². The van der Waals surface area contributed by atoms with Gasteiger partial charge in [-0.25, -0.2) is 17.9 Å². The van der Waals surface area contributed by atoms with E-state index >= 15 is 0 Å². The number of likely N-dealkylation sites (tertiary alicyclic amines) is 1. The van der Waals surface area contributed by atoms with E-state index in [1.165, 1.54) is 21.6 Å². The van der Waals surface area contributed by atoms with Crippen LogP contribution in [0, 0.1) is 0 Å². The van der Waals surface area contributed by atoms with Crippen molar-refractivity contribution in [2.75, 3.05) is 19.6 Å². The Morgan fingerprint density at radius 2 is 2.22 bits per heavy atom. The second kappa shape index (κ2) is 6.10. The van der Waals surface area contributed by atoms with Gasteiger partial charge in [-0.2, -0.15) is 0 Å². The normalized spacial score (nSPS) is 22.0. The molecule has 1 saturated heterocycles. The summed E-state index contributed by atoms with van der Waals surface area (Å²) in [4.78, 5) is 13.1. The van der Waals surface area contributed by atoms with Crippen LogP contribution < -0.4 is 15.4 Å². The summed E-state index contributed by atoms with van der Waals surface area (Å²) in [5, 5.41) is 0. The predicted molar refractivity (Wildman–Crippen MR) is 86.0 cm³/mol. The van der Waals surface area contributed by atoms with Gasteiger partial charge in [0.05, 0.1) is 30.0 Å². The van der Waals surface area contributed by atoms with Crippen LogP contribution in [0.3, 0.4) is 0 Å². The molecular formula is C15H22N3O4S+. The third-order valence-corrected chi connectivity index (χ3v) is 6.10. The molecule has 0 bridgehead atoms. The molecular weight excluding hydrogens is 318 g/mol. The first-order valence-corrected chi connectivity index (χ1v) is 9.34. The van der Waals surface area contributed by atoms with E-state index in [0.29, 0.717) is 18.1 Å². The highest BCUT2D eigenvalue weighted by molar-refractivity contribution is 7.89. The molecule has 0 saturated carbocycles. The molecule has 0 amide bonds. The first kappa shape index (κ1) is 16.2. The number of aryl methyl sites for hydroxylation is 1. The molecule has 2 heterocycles. The largest absolute Gasteiger partial charge is 0.419 e. The maximum absolute atomic E-state index is 12.5. The number of oxazole rings is 1. The van der Waals surface area contributed by atoms with Crippen LogP contribution in [0.25, 0.3) is 11.1 Å². The molecule has 2 N–H and O–H groups in total. The van der Waals surface area contributed by atoms with Crippen molar-refractivity contribution in [3.63, 3.8) is 0 Å². The van der Waals surface area contributed by atoms with Gasteiger partial charge in [0.15, 0.2) is 5.58 Å². The Morgan fingerprint density at radius 3 is 2.96 bits per heavy atom. The van der Waals surface area contributed by atoms with Crippen molar-refractivity contribution in [1.82, 2.24) is 9.29 Å². The standard InChI is InChI=1S/C15H21N3O4S/c1-3-18-8-4-5-11(18)10-16-23(20,21)12-6-7-13-14(9-12)22-15(19)17(13)2/h6-7,9,11,16H,3-5,8,10H2,1-2H3/p+1/t11-/m0/s1. The topological polar surface area (TPSA) is 85.8 Å². The zero-order valence-electron chi connectivity index (χ0n) is 13.3. The molecule has 1 fully saturated rings. The number of fused-ring (bicyclic) bond motifs is 1. The van der Waals surface area contributed by atoms with Gasteiger partial charge < -0.3 is 9.32 Å². The van der Waals surface area contributed by atoms with Crippen LogP contribution in [0.1, 0.15) is 19.8 Å². The van der Waals surface area contributed by atoms with Crippen molar-refractivity contribution >= 4 is 21.1 Å². The number of quaternary nitrogens is 1. The number of sulfonamides is 1. The van der Waals surface area contributed by atoms with Crippen LogP contribution in [-0.4, -0.2) is 38.7 Å². The number of hydrogen-bond donors (Lipinski definition) is 2. The van der Waals surface area contributed by atoms with Crippen molar-refractivity contribution in [1.29, 1.82) is 0 Å². The van der Waals surface area contributed by atoms with E-state index in [2.05, 4.69) is 11.6 Å². The summed E-state index contributed by atoms with van der Waals surface area (Å²) >= 11 is 0.